The van der Waals surface area contributed by atoms with Crippen molar-refractivity contribution in [2.75, 3.05) is 33.5 Å². The van der Waals surface area contributed by atoms with Crippen LogP contribution in [0.5, 0.6) is 5.75 Å². The Morgan fingerprint density at radius 3 is 3.05 bits per heavy atom. The summed E-state index contributed by atoms with van der Waals surface area (Å²) < 4.78 is 16.8. The van der Waals surface area contributed by atoms with Crippen molar-refractivity contribution in [3.63, 3.8) is 0 Å². The highest BCUT2D eigenvalue weighted by molar-refractivity contribution is 5.37. The van der Waals surface area contributed by atoms with Crippen LogP contribution in [-0.4, -0.2) is 39.1 Å². The van der Waals surface area contributed by atoms with E-state index in [9.17, 15) is 0 Å². The van der Waals surface area contributed by atoms with Crippen molar-refractivity contribution in [3.8, 4) is 5.75 Å². The fourth-order valence-electron chi connectivity index (χ4n) is 2.82. The Balaban J connectivity index is 1.68. The first kappa shape index (κ1) is 12.9. The van der Waals surface area contributed by atoms with E-state index in [-0.39, 0.29) is 5.60 Å². The van der Waals surface area contributed by atoms with E-state index in [4.69, 9.17) is 14.2 Å². The third-order valence-electron chi connectivity index (χ3n) is 4.13. The van der Waals surface area contributed by atoms with Crippen molar-refractivity contribution in [2.45, 2.75) is 24.5 Å². The van der Waals surface area contributed by atoms with Gasteiger partial charge in [0.1, 0.15) is 11.4 Å². The van der Waals surface area contributed by atoms with Gasteiger partial charge in [0.05, 0.1) is 13.2 Å². The number of rotatable bonds is 4. The summed E-state index contributed by atoms with van der Waals surface area (Å²) in [6, 6.07) is 8.60. The van der Waals surface area contributed by atoms with Crippen LogP contribution >= 0.6 is 0 Å². The van der Waals surface area contributed by atoms with Gasteiger partial charge in [-0.05, 0) is 6.07 Å². The maximum Gasteiger partial charge on any atom is 0.124 e. The maximum atomic E-state index is 5.68. The summed E-state index contributed by atoms with van der Waals surface area (Å²) in [6.45, 7) is 3.06. The van der Waals surface area contributed by atoms with Crippen molar-refractivity contribution in [2.24, 2.45) is 0 Å². The molecule has 2 atom stereocenters. The van der Waals surface area contributed by atoms with Gasteiger partial charge >= 0.3 is 0 Å². The number of methoxy groups -OCH3 is 1. The van der Waals surface area contributed by atoms with E-state index in [2.05, 4.69) is 17.4 Å². The number of hydrogen-bond acceptors (Lipinski definition) is 4. The molecule has 0 saturated carbocycles. The second-order valence-corrected chi connectivity index (χ2v) is 5.30. The number of fused-ring (bicyclic) bond motifs is 1. The minimum absolute atomic E-state index is 0.159. The van der Waals surface area contributed by atoms with Crippen LogP contribution in [0, 0.1) is 0 Å². The van der Waals surface area contributed by atoms with Gasteiger partial charge in [0.15, 0.2) is 0 Å². The summed E-state index contributed by atoms with van der Waals surface area (Å²) in [7, 11) is 1.77. The average Bonchev–Trinajstić information content (AvgIpc) is 2.94. The van der Waals surface area contributed by atoms with Crippen LogP contribution in [0.4, 0.5) is 0 Å². The van der Waals surface area contributed by atoms with E-state index in [1.807, 2.05) is 12.1 Å². The molecule has 1 N–H and O–H groups in total. The third kappa shape index (κ3) is 2.61. The molecule has 1 fully saturated rings. The second kappa shape index (κ2) is 5.49. The number of nitrogens with one attached hydrogen (secondary N) is 1. The van der Waals surface area contributed by atoms with Crippen LogP contribution in [0.1, 0.15) is 24.4 Å². The van der Waals surface area contributed by atoms with Crippen molar-refractivity contribution in [1.29, 1.82) is 0 Å². The van der Waals surface area contributed by atoms with Gasteiger partial charge in [-0.15, -0.1) is 0 Å². The predicted molar refractivity (Wildman–Crippen MR) is 72.5 cm³/mol. The predicted octanol–water partition coefficient (Wildman–Crippen LogP) is 1.91. The minimum atomic E-state index is -0.159. The highest BCUT2D eigenvalue weighted by Gasteiger charge is 2.35. The first-order valence-electron chi connectivity index (χ1n) is 6.91. The molecular formula is C15H21NO3. The molecule has 0 aliphatic carbocycles. The first-order valence-corrected chi connectivity index (χ1v) is 6.91. The van der Waals surface area contributed by atoms with Gasteiger partial charge in [0, 0.05) is 44.7 Å². The zero-order valence-electron chi connectivity index (χ0n) is 11.4. The largest absolute Gasteiger partial charge is 0.493 e. The lowest BCUT2D eigenvalue weighted by Gasteiger charge is -2.32. The van der Waals surface area contributed by atoms with E-state index in [0.717, 1.165) is 38.3 Å². The van der Waals surface area contributed by atoms with E-state index in [1.165, 1.54) is 5.56 Å². The third-order valence-corrected chi connectivity index (χ3v) is 4.13. The summed E-state index contributed by atoms with van der Waals surface area (Å²) >= 11 is 0. The van der Waals surface area contributed by atoms with Gasteiger partial charge in [0.25, 0.3) is 0 Å². The molecule has 2 heterocycles. The molecule has 1 saturated heterocycles. The molecule has 0 bridgehead atoms. The molecule has 2 unspecified atom stereocenters. The molecular weight excluding hydrogens is 242 g/mol. The molecule has 0 radical (unpaired) electrons. The molecule has 3 rings (SSSR count). The van der Waals surface area contributed by atoms with Crippen LogP contribution in [0.3, 0.4) is 0 Å². The van der Waals surface area contributed by atoms with Gasteiger partial charge < -0.3 is 19.5 Å². The van der Waals surface area contributed by atoms with Crippen molar-refractivity contribution in [1.82, 2.24) is 5.32 Å². The van der Waals surface area contributed by atoms with E-state index in [1.54, 1.807) is 7.11 Å². The Kier molecular flexibility index (Phi) is 3.73. The topological polar surface area (TPSA) is 39.7 Å². The quantitative estimate of drug-likeness (QED) is 0.900. The van der Waals surface area contributed by atoms with Gasteiger partial charge in [-0.1, -0.05) is 18.2 Å². The monoisotopic (exact) mass is 263 g/mol. The lowest BCUT2D eigenvalue weighted by molar-refractivity contribution is -0.0182. The fraction of sp³-hybridized carbons (Fsp3) is 0.600. The lowest BCUT2D eigenvalue weighted by atomic mass is 9.98. The van der Waals surface area contributed by atoms with E-state index in [0.29, 0.717) is 12.6 Å². The summed E-state index contributed by atoms with van der Waals surface area (Å²) in [5.41, 5.74) is 1.09. The number of benzene rings is 1. The Hall–Kier alpha value is -1.10. The van der Waals surface area contributed by atoms with Gasteiger partial charge in [-0.2, -0.15) is 0 Å². The van der Waals surface area contributed by atoms with Crippen LogP contribution < -0.4 is 10.1 Å². The molecule has 19 heavy (non-hydrogen) atoms. The SMILES string of the molecule is COC1(CNC2CCOc3ccccc32)CCOC1. The second-order valence-electron chi connectivity index (χ2n) is 5.30. The molecule has 2 aliphatic rings. The van der Waals surface area contributed by atoms with Crippen LogP contribution in [0.15, 0.2) is 24.3 Å². The highest BCUT2D eigenvalue weighted by atomic mass is 16.5. The van der Waals surface area contributed by atoms with Crippen molar-refractivity contribution in [3.05, 3.63) is 29.8 Å². The zero-order chi connectivity index (χ0) is 13.1. The Labute approximate surface area is 114 Å². The molecule has 2 aliphatic heterocycles. The first-order chi connectivity index (χ1) is 9.33. The number of para-hydroxylation sites is 1. The van der Waals surface area contributed by atoms with Crippen molar-refractivity contribution >= 4 is 0 Å². The van der Waals surface area contributed by atoms with Crippen LogP contribution in [-0.2, 0) is 9.47 Å². The summed E-state index contributed by atoms with van der Waals surface area (Å²) in [5.74, 6) is 1.00. The zero-order valence-corrected chi connectivity index (χ0v) is 11.4. The number of ether oxygens (including phenoxy) is 3. The van der Waals surface area contributed by atoms with Crippen LogP contribution in [0.25, 0.3) is 0 Å². The molecule has 0 aromatic heterocycles. The summed E-state index contributed by atoms with van der Waals surface area (Å²) in [5, 5.41) is 3.63. The lowest BCUT2D eigenvalue weighted by Crippen LogP contribution is -2.44. The molecule has 1 aromatic carbocycles. The summed E-state index contributed by atoms with van der Waals surface area (Å²) in [6.07, 6.45) is 1.96. The van der Waals surface area contributed by atoms with Crippen molar-refractivity contribution < 1.29 is 14.2 Å². The minimum Gasteiger partial charge on any atom is -0.493 e. The molecule has 104 valence electrons. The summed E-state index contributed by atoms with van der Waals surface area (Å²) in [4.78, 5) is 0. The van der Waals surface area contributed by atoms with E-state index >= 15 is 0 Å². The highest BCUT2D eigenvalue weighted by Crippen LogP contribution is 2.32. The van der Waals surface area contributed by atoms with Gasteiger partial charge in [-0.25, -0.2) is 0 Å². The molecule has 4 nitrogen and oxygen atoms in total. The molecule has 4 heteroatoms. The average molecular weight is 263 g/mol. The standard InChI is InChI=1S/C15H21NO3/c1-17-15(7-9-18-11-15)10-16-13-6-8-19-14-5-3-2-4-12(13)14/h2-5,13,16H,6-11H2,1H3. The maximum absolute atomic E-state index is 5.68. The fourth-order valence-corrected chi connectivity index (χ4v) is 2.82. The molecule has 0 amide bonds. The van der Waals surface area contributed by atoms with Crippen LogP contribution in [0.2, 0.25) is 0 Å². The Morgan fingerprint density at radius 1 is 1.37 bits per heavy atom. The Morgan fingerprint density at radius 2 is 2.26 bits per heavy atom. The molecule has 0 spiro atoms. The van der Waals surface area contributed by atoms with Gasteiger partial charge in [0.2, 0.25) is 0 Å². The van der Waals surface area contributed by atoms with Gasteiger partial charge in [-0.3, -0.25) is 0 Å². The number of hydrogen-bond donors (Lipinski definition) is 1. The van der Waals surface area contributed by atoms with E-state index < -0.39 is 0 Å². The smallest absolute Gasteiger partial charge is 0.124 e. The normalized spacial score (nSPS) is 29.8. The molecule has 1 aromatic rings. The Bertz CT molecular complexity index is 429.